The number of benzene rings is 8. The molecule has 0 atom stereocenters. The zero-order valence-corrected chi connectivity index (χ0v) is 28.2. The van der Waals surface area contributed by atoms with Crippen molar-refractivity contribution in [2.75, 3.05) is 4.90 Å². The molecule has 50 heavy (non-hydrogen) atoms. The Bertz CT molecular complexity index is 2630. The van der Waals surface area contributed by atoms with Crippen LogP contribution in [0.5, 0.6) is 0 Å². The fourth-order valence-corrected chi connectivity index (χ4v) is 8.67. The zero-order valence-electron chi connectivity index (χ0n) is 28.2. The molecule has 0 N–H and O–H groups in total. The van der Waals surface area contributed by atoms with Crippen molar-refractivity contribution in [3.05, 3.63) is 186 Å². The summed E-state index contributed by atoms with van der Waals surface area (Å²) < 4.78 is 0. The number of para-hydroxylation sites is 2. The van der Waals surface area contributed by atoms with Crippen LogP contribution in [0.15, 0.2) is 164 Å². The fourth-order valence-electron chi connectivity index (χ4n) is 8.67. The largest absolute Gasteiger partial charge is 0.308 e. The van der Waals surface area contributed by atoms with Crippen molar-refractivity contribution in [1.29, 1.82) is 0 Å². The maximum absolute atomic E-state index is 2.51. The van der Waals surface area contributed by atoms with E-state index in [1.165, 1.54) is 94.2 Å². The van der Waals surface area contributed by atoms with Crippen LogP contribution >= 0.6 is 0 Å². The Hall–Kier alpha value is -6.18. The van der Waals surface area contributed by atoms with Crippen molar-refractivity contribution in [2.24, 2.45) is 0 Å². The van der Waals surface area contributed by atoms with E-state index >= 15 is 0 Å². The Kier molecular flexibility index (Phi) is 6.29. The van der Waals surface area contributed by atoms with Gasteiger partial charge in [0.25, 0.3) is 0 Å². The Balaban J connectivity index is 1.38. The number of fused-ring (bicyclic) bond motifs is 7. The number of nitrogens with zero attached hydrogens (tertiary/aromatic N) is 1. The third kappa shape index (κ3) is 4.13. The molecular weight excluding hydrogens is 603 g/mol. The van der Waals surface area contributed by atoms with Crippen LogP contribution in [0.25, 0.3) is 67.1 Å². The third-order valence-electron chi connectivity index (χ3n) is 11.0. The standard InChI is InChI=1S/C49H35N/c1-49(2)42-23-11-10-21-39(42)47-40(22-14-24-43(47)49)46-36-19-8-9-20-37(36)48(38-30-29-35(31-41(38)46)32-15-4-3-5-16-32)50-44-25-12-6-17-33(44)27-28-34-18-7-13-26-45(34)50/h3-31H,1-2H3. The van der Waals surface area contributed by atoms with Gasteiger partial charge in [-0.2, -0.15) is 0 Å². The molecule has 10 rings (SSSR count). The Labute approximate surface area is 293 Å². The molecule has 0 aromatic heterocycles. The van der Waals surface area contributed by atoms with E-state index in [0.29, 0.717) is 0 Å². The summed E-state index contributed by atoms with van der Waals surface area (Å²) in [6.45, 7) is 4.74. The lowest BCUT2D eigenvalue weighted by Crippen LogP contribution is -2.14. The Morgan fingerprint density at radius 3 is 1.74 bits per heavy atom. The number of rotatable bonds is 3. The van der Waals surface area contributed by atoms with Crippen LogP contribution in [0.4, 0.5) is 17.1 Å². The van der Waals surface area contributed by atoms with Crippen molar-refractivity contribution in [3.8, 4) is 33.4 Å². The van der Waals surface area contributed by atoms with Gasteiger partial charge in [0.05, 0.1) is 17.1 Å². The van der Waals surface area contributed by atoms with Gasteiger partial charge < -0.3 is 4.90 Å². The molecule has 1 heterocycles. The molecule has 0 saturated heterocycles. The monoisotopic (exact) mass is 637 g/mol. The highest BCUT2D eigenvalue weighted by Crippen LogP contribution is 2.56. The molecule has 2 aliphatic rings. The minimum Gasteiger partial charge on any atom is -0.308 e. The first-order valence-corrected chi connectivity index (χ1v) is 17.5. The summed E-state index contributed by atoms with van der Waals surface area (Å²) in [6, 6.07) is 60.5. The first-order chi connectivity index (χ1) is 24.6. The second kappa shape index (κ2) is 10.9. The molecule has 1 heteroatoms. The second-order valence-corrected chi connectivity index (χ2v) is 14.1. The summed E-state index contributed by atoms with van der Waals surface area (Å²) in [7, 11) is 0. The van der Waals surface area contributed by atoms with Crippen LogP contribution in [-0.4, -0.2) is 0 Å². The van der Waals surface area contributed by atoms with E-state index in [0.717, 1.165) is 0 Å². The minimum absolute atomic E-state index is 0.0881. The van der Waals surface area contributed by atoms with Crippen LogP contribution in [0.2, 0.25) is 0 Å². The molecule has 0 fully saturated rings. The molecule has 236 valence electrons. The van der Waals surface area contributed by atoms with E-state index in [2.05, 4.69) is 195 Å². The number of anilines is 3. The third-order valence-corrected chi connectivity index (χ3v) is 11.0. The van der Waals surface area contributed by atoms with Gasteiger partial charge in [-0.15, -0.1) is 0 Å². The fraction of sp³-hybridized carbons (Fsp3) is 0.0612. The summed E-state index contributed by atoms with van der Waals surface area (Å²) in [4.78, 5) is 2.51. The second-order valence-electron chi connectivity index (χ2n) is 14.1. The average molecular weight is 638 g/mol. The summed E-state index contributed by atoms with van der Waals surface area (Å²) in [5, 5.41) is 4.97. The van der Waals surface area contributed by atoms with Crippen LogP contribution in [0.3, 0.4) is 0 Å². The van der Waals surface area contributed by atoms with Gasteiger partial charge in [-0.25, -0.2) is 0 Å². The molecule has 0 saturated carbocycles. The maximum Gasteiger partial charge on any atom is 0.0619 e. The normalized spacial score (nSPS) is 13.8. The van der Waals surface area contributed by atoms with Crippen molar-refractivity contribution in [2.45, 2.75) is 19.3 Å². The van der Waals surface area contributed by atoms with Crippen molar-refractivity contribution in [1.82, 2.24) is 0 Å². The first-order valence-electron chi connectivity index (χ1n) is 17.5. The van der Waals surface area contributed by atoms with Gasteiger partial charge in [0.2, 0.25) is 0 Å². The Morgan fingerprint density at radius 1 is 0.400 bits per heavy atom. The van der Waals surface area contributed by atoms with Crippen LogP contribution < -0.4 is 4.90 Å². The SMILES string of the molecule is CC1(C)c2ccccc2-c2c(-c3c4ccccc4c(N4c5ccccc5C=Cc5ccccc54)c4ccc(-c5ccccc5)cc34)cccc21. The predicted octanol–water partition coefficient (Wildman–Crippen LogP) is 13.6. The smallest absolute Gasteiger partial charge is 0.0619 e. The number of hydrogen-bond donors (Lipinski definition) is 0. The number of hydrogen-bond acceptors (Lipinski definition) is 1. The molecular formula is C49H35N. The molecule has 0 bridgehead atoms. The van der Waals surface area contributed by atoms with Gasteiger partial charge in [-0.1, -0.05) is 172 Å². The van der Waals surface area contributed by atoms with Gasteiger partial charge in [-0.3, -0.25) is 0 Å². The first kappa shape index (κ1) is 28.8. The molecule has 0 spiro atoms. The van der Waals surface area contributed by atoms with E-state index < -0.39 is 0 Å². The van der Waals surface area contributed by atoms with Gasteiger partial charge in [0.15, 0.2) is 0 Å². The van der Waals surface area contributed by atoms with E-state index in [1.54, 1.807) is 0 Å². The molecule has 8 aromatic rings. The molecule has 0 amide bonds. The van der Waals surface area contributed by atoms with E-state index in [-0.39, 0.29) is 5.41 Å². The van der Waals surface area contributed by atoms with Crippen molar-refractivity contribution in [3.63, 3.8) is 0 Å². The van der Waals surface area contributed by atoms with Gasteiger partial charge in [0, 0.05) is 16.2 Å². The maximum atomic E-state index is 2.51. The summed E-state index contributed by atoms with van der Waals surface area (Å²) in [5.41, 5.74) is 16.3. The molecule has 1 nitrogen and oxygen atoms in total. The van der Waals surface area contributed by atoms with E-state index in [1.807, 2.05) is 0 Å². The van der Waals surface area contributed by atoms with Crippen LogP contribution in [-0.2, 0) is 5.41 Å². The quantitative estimate of drug-likeness (QED) is 0.174. The van der Waals surface area contributed by atoms with Crippen LogP contribution in [0, 0.1) is 0 Å². The molecule has 8 aromatic carbocycles. The molecule has 1 aliphatic heterocycles. The van der Waals surface area contributed by atoms with Gasteiger partial charge in [0.1, 0.15) is 0 Å². The summed E-state index contributed by atoms with van der Waals surface area (Å²) >= 11 is 0. The topological polar surface area (TPSA) is 3.24 Å². The van der Waals surface area contributed by atoms with Crippen molar-refractivity contribution >= 4 is 50.8 Å². The lowest BCUT2D eigenvalue weighted by Gasteiger charge is -2.31. The minimum atomic E-state index is -0.0881. The van der Waals surface area contributed by atoms with Gasteiger partial charge >= 0.3 is 0 Å². The molecule has 0 radical (unpaired) electrons. The summed E-state index contributed by atoms with van der Waals surface area (Å²) in [5.74, 6) is 0. The van der Waals surface area contributed by atoms with Crippen LogP contribution in [0.1, 0.15) is 36.1 Å². The molecule has 1 aliphatic carbocycles. The lowest BCUT2D eigenvalue weighted by molar-refractivity contribution is 0.660. The Morgan fingerprint density at radius 2 is 0.980 bits per heavy atom. The van der Waals surface area contributed by atoms with E-state index in [4.69, 9.17) is 0 Å². The lowest BCUT2D eigenvalue weighted by atomic mass is 9.81. The van der Waals surface area contributed by atoms with E-state index in [9.17, 15) is 0 Å². The predicted molar refractivity (Wildman–Crippen MR) is 214 cm³/mol. The zero-order chi connectivity index (χ0) is 33.4. The molecule has 0 unspecified atom stereocenters. The summed E-state index contributed by atoms with van der Waals surface area (Å²) in [6.07, 6.45) is 4.51. The highest BCUT2D eigenvalue weighted by molar-refractivity contribution is 6.24. The van der Waals surface area contributed by atoms with Crippen molar-refractivity contribution < 1.29 is 0 Å². The highest BCUT2D eigenvalue weighted by Gasteiger charge is 2.37. The average Bonchev–Trinajstić information content (AvgIpc) is 3.29. The van der Waals surface area contributed by atoms with Gasteiger partial charge in [-0.05, 0) is 84.6 Å². The highest BCUT2D eigenvalue weighted by atomic mass is 15.2.